The summed E-state index contributed by atoms with van der Waals surface area (Å²) in [4.78, 5) is 12.1. The molecule has 9 nitrogen and oxygen atoms in total. The number of sulfonamides is 1. The fourth-order valence-electron chi connectivity index (χ4n) is 3.80. The third kappa shape index (κ3) is 6.45. The van der Waals surface area contributed by atoms with Crippen molar-refractivity contribution in [2.75, 3.05) is 24.7 Å². The number of nitrogens with two attached hydrogens (primary N) is 1. The van der Waals surface area contributed by atoms with Crippen molar-refractivity contribution < 1.29 is 23.1 Å². The molecule has 1 aliphatic heterocycles. The Labute approximate surface area is 194 Å². The van der Waals surface area contributed by atoms with E-state index in [0.29, 0.717) is 54.9 Å². The van der Waals surface area contributed by atoms with E-state index >= 15 is 0 Å². The van der Waals surface area contributed by atoms with Crippen molar-refractivity contribution in [1.29, 1.82) is 5.41 Å². The Hall–Kier alpha value is -3.11. The van der Waals surface area contributed by atoms with Gasteiger partial charge in [-0.1, -0.05) is 13.0 Å². The lowest BCUT2D eigenvalue weighted by molar-refractivity contribution is -0.138. The standard InChI is InChI=1S/C23H30N4O5S/c1-3-15-12-17(21(23(28)29)26-18-6-4-16(5-7-18)22(24)25)14-20(13-15)32-19-8-10-27(11-9-19)33(2,30)31/h4-7,12-14,19,21,26H,3,8-11H2,1-2H3,(H3,24,25)(H,28,29). The first kappa shape index (κ1) is 24.5. The molecule has 0 spiro atoms. The van der Waals surface area contributed by atoms with Gasteiger partial charge in [-0.05, 0) is 66.8 Å². The molecule has 33 heavy (non-hydrogen) atoms. The molecule has 1 saturated heterocycles. The fraction of sp³-hybridized carbons (Fsp3) is 0.391. The lowest BCUT2D eigenvalue weighted by Gasteiger charge is -2.30. The fourth-order valence-corrected chi connectivity index (χ4v) is 4.67. The van der Waals surface area contributed by atoms with Gasteiger partial charge in [0.05, 0.1) is 6.26 Å². The molecule has 1 fully saturated rings. The molecular weight excluding hydrogens is 444 g/mol. The monoisotopic (exact) mass is 474 g/mol. The van der Waals surface area contributed by atoms with Gasteiger partial charge in [0.2, 0.25) is 10.0 Å². The van der Waals surface area contributed by atoms with Gasteiger partial charge >= 0.3 is 5.97 Å². The van der Waals surface area contributed by atoms with Crippen LogP contribution in [0.15, 0.2) is 42.5 Å². The maximum atomic E-state index is 12.1. The Bertz CT molecular complexity index is 1110. The van der Waals surface area contributed by atoms with Gasteiger partial charge in [0.15, 0.2) is 6.04 Å². The Kier molecular flexibility index (Phi) is 7.60. The highest BCUT2D eigenvalue weighted by molar-refractivity contribution is 7.88. The number of benzene rings is 2. The molecule has 10 heteroatoms. The summed E-state index contributed by atoms with van der Waals surface area (Å²) in [5.41, 5.74) is 8.12. The molecule has 0 aliphatic carbocycles. The number of amidine groups is 1. The number of carboxylic acid groups (broad SMARTS) is 1. The van der Waals surface area contributed by atoms with Crippen LogP contribution in [0.4, 0.5) is 5.69 Å². The van der Waals surface area contributed by atoms with E-state index in [1.165, 1.54) is 10.6 Å². The Morgan fingerprint density at radius 2 is 1.88 bits per heavy atom. The highest BCUT2D eigenvalue weighted by atomic mass is 32.2. The van der Waals surface area contributed by atoms with Gasteiger partial charge in [0.1, 0.15) is 17.7 Å². The van der Waals surface area contributed by atoms with Crippen molar-refractivity contribution in [1.82, 2.24) is 4.31 Å². The second kappa shape index (κ2) is 10.2. The predicted molar refractivity (Wildman–Crippen MR) is 127 cm³/mol. The summed E-state index contributed by atoms with van der Waals surface area (Å²) in [5, 5.41) is 20.4. The first-order chi connectivity index (χ1) is 15.6. The number of nitrogens with zero attached hydrogens (tertiary/aromatic N) is 1. The molecule has 0 aromatic heterocycles. The minimum absolute atomic E-state index is 0.0591. The highest BCUT2D eigenvalue weighted by Gasteiger charge is 2.27. The largest absolute Gasteiger partial charge is 0.490 e. The number of nitrogen functional groups attached to an aromatic ring is 1. The number of hydrogen-bond donors (Lipinski definition) is 4. The molecule has 0 radical (unpaired) electrons. The van der Waals surface area contributed by atoms with E-state index in [-0.39, 0.29) is 11.9 Å². The number of piperidine rings is 1. The van der Waals surface area contributed by atoms with E-state index in [1.807, 2.05) is 19.1 Å². The minimum atomic E-state index is -3.21. The summed E-state index contributed by atoms with van der Waals surface area (Å²) in [7, 11) is -3.21. The molecule has 1 heterocycles. The van der Waals surface area contributed by atoms with E-state index in [1.54, 1.807) is 30.3 Å². The van der Waals surface area contributed by atoms with Crippen LogP contribution in [0, 0.1) is 5.41 Å². The number of carbonyl (C=O) groups is 1. The van der Waals surface area contributed by atoms with E-state index in [9.17, 15) is 18.3 Å². The second-order valence-corrected chi connectivity index (χ2v) is 10.1. The van der Waals surface area contributed by atoms with Crippen LogP contribution in [-0.4, -0.2) is 55.1 Å². The van der Waals surface area contributed by atoms with Crippen LogP contribution in [0.5, 0.6) is 5.75 Å². The lowest BCUT2D eigenvalue weighted by atomic mass is 10.0. The average molecular weight is 475 g/mol. The van der Waals surface area contributed by atoms with Crippen molar-refractivity contribution in [3.05, 3.63) is 59.2 Å². The van der Waals surface area contributed by atoms with Crippen LogP contribution in [0.1, 0.15) is 42.5 Å². The average Bonchev–Trinajstić information content (AvgIpc) is 2.77. The molecule has 2 aromatic carbocycles. The van der Waals surface area contributed by atoms with E-state index in [2.05, 4.69) is 5.32 Å². The van der Waals surface area contributed by atoms with Crippen molar-refractivity contribution in [3.63, 3.8) is 0 Å². The molecule has 0 saturated carbocycles. The second-order valence-electron chi connectivity index (χ2n) is 8.15. The maximum absolute atomic E-state index is 12.1. The summed E-state index contributed by atoms with van der Waals surface area (Å²) in [6, 6.07) is 11.1. The SMILES string of the molecule is CCc1cc(OC2CCN(S(C)(=O)=O)CC2)cc(C(Nc2ccc(C(=N)N)cc2)C(=O)O)c1. The summed E-state index contributed by atoms with van der Waals surface area (Å²) in [5.74, 6) is -0.524. The smallest absolute Gasteiger partial charge is 0.330 e. The summed E-state index contributed by atoms with van der Waals surface area (Å²) < 4.78 is 31.0. The van der Waals surface area contributed by atoms with E-state index < -0.39 is 22.0 Å². The molecule has 5 N–H and O–H groups in total. The van der Waals surface area contributed by atoms with Crippen LogP contribution in [0.3, 0.4) is 0 Å². The zero-order valence-corrected chi connectivity index (χ0v) is 19.6. The molecule has 1 atom stereocenters. The zero-order chi connectivity index (χ0) is 24.2. The van der Waals surface area contributed by atoms with E-state index in [4.69, 9.17) is 15.9 Å². The summed E-state index contributed by atoms with van der Waals surface area (Å²) in [6.45, 7) is 2.79. The van der Waals surface area contributed by atoms with Gasteiger partial charge in [0.25, 0.3) is 0 Å². The number of carboxylic acids is 1. The number of aryl methyl sites for hydroxylation is 1. The third-order valence-electron chi connectivity index (χ3n) is 5.66. The van der Waals surface area contributed by atoms with Crippen LogP contribution >= 0.6 is 0 Å². The quantitative estimate of drug-likeness (QED) is 0.323. The van der Waals surface area contributed by atoms with Gasteiger partial charge in [0, 0.05) is 24.3 Å². The molecule has 178 valence electrons. The normalized spacial score (nSPS) is 16.2. The van der Waals surface area contributed by atoms with Crippen LogP contribution in [0.2, 0.25) is 0 Å². The molecule has 2 aromatic rings. The number of hydrogen-bond acceptors (Lipinski definition) is 6. The Morgan fingerprint density at radius 1 is 1.24 bits per heavy atom. The van der Waals surface area contributed by atoms with Crippen LogP contribution in [-0.2, 0) is 21.2 Å². The molecule has 1 aliphatic rings. The van der Waals surface area contributed by atoms with Gasteiger partial charge in [-0.3, -0.25) is 5.41 Å². The molecular formula is C23H30N4O5S. The van der Waals surface area contributed by atoms with Crippen molar-refractivity contribution >= 4 is 27.5 Å². The molecule has 0 bridgehead atoms. The first-order valence-corrected chi connectivity index (χ1v) is 12.6. The first-order valence-electron chi connectivity index (χ1n) is 10.8. The zero-order valence-electron chi connectivity index (χ0n) is 18.7. The molecule has 0 amide bonds. The maximum Gasteiger partial charge on any atom is 0.330 e. The Balaban J connectivity index is 1.79. The topological polar surface area (TPSA) is 146 Å². The van der Waals surface area contributed by atoms with Crippen LogP contribution < -0.4 is 15.8 Å². The third-order valence-corrected chi connectivity index (χ3v) is 6.96. The number of nitrogens with one attached hydrogen (secondary N) is 2. The number of aliphatic carboxylic acids is 1. The van der Waals surface area contributed by atoms with Crippen LogP contribution in [0.25, 0.3) is 0 Å². The number of anilines is 1. The molecule has 3 rings (SSSR count). The summed E-state index contributed by atoms with van der Waals surface area (Å²) in [6.07, 6.45) is 2.91. The van der Waals surface area contributed by atoms with Crippen molar-refractivity contribution in [2.24, 2.45) is 5.73 Å². The van der Waals surface area contributed by atoms with Crippen molar-refractivity contribution in [3.8, 4) is 5.75 Å². The molecule has 1 unspecified atom stereocenters. The highest BCUT2D eigenvalue weighted by Crippen LogP contribution is 2.28. The summed E-state index contributed by atoms with van der Waals surface area (Å²) >= 11 is 0. The predicted octanol–water partition coefficient (Wildman–Crippen LogP) is 2.57. The Morgan fingerprint density at radius 3 is 2.39 bits per heavy atom. The number of rotatable bonds is 9. The number of ether oxygens (including phenoxy) is 1. The lowest BCUT2D eigenvalue weighted by Crippen LogP contribution is -2.41. The van der Waals surface area contributed by atoms with Gasteiger partial charge < -0.3 is 20.9 Å². The van der Waals surface area contributed by atoms with Crippen molar-refractivity contribution in [2.45, 2.75) is 38.3 Å². The van der Waals surface area contributed by atoms with E-state index in [0.717, 1.165) is 5.56 Å². The van der Waals surface area contributed by atoms with Gasteiger partial charge in [-0.2, -0.15) is 0 Å². The van der Waals surface area contributed by atoms with Gasteiger partial charge in [-0.15, -0.1) is 0 Å². The minimum Gasteiger partial charge on any atom is -0.490 e. The van der Waals surface area contributed by atoms with Gasteiger partial charge in [-0.25, -0.2) is 17.5 Å².